The van der Waals surface area contributed by atoms with Gasteiger partial charge in [-0.1, -0.05) is 25.5 Å². The first-order valence-corrected chi connectivity index (χ1v) is 5.48. The largest absolute Gasteiger partial charge is 0.355 e. The van der Waals surface area contributed by atoms with Crippen LogP contribution in [-0.4, -0.2) is 20.0 Å². The third kappa shape index (κ3) is 1.51. The normalized spacial score (nSPS) is 36.9. The van der Waals surface area contributed by atoms with Gasteiger partial charge in [-0.3, -0.25) is 0 Å². The lowest BCUT2D eigenvalue weighted by Crippen LogP contribution is -2.48. The first-order chi connectivity index (χ1) is 6.65. The van der Waals surface area contributed by atoms with Gasteiger partial charge in [0.2, 0.25) is 0 Å². The second-order valence-corrected chi connectivity index (χ2v) is 4.95. The molecule has 1 saturated heterocycles. The molecule has 2 nitrogen and oxygen atoms in total. The van der Waals surface area contributed by atoms with Gasteiger partial charge >= 0.3 is 0 Å². The molecule has 0 unspecified atom stereocenters. The molecule has 1 spiro atoms. The predicted octanol–water partition coefficient (Wildman–Crippen LogP) is 2.60. The predicted molar refractivity (Wildman–Crippen MR) is 55.9 cm³/mol. The van der Waals surface area contributed by atoms with Crippen LogP contribution in [0.1, 0.15) is 27.2 Å². The molecule has 1 heterocycles. The summed E-state index contributed by atoms with van der Waals surface area (Å²) in [7, 11) is 0. The summed E-state index contributed by atoms with van der Waals surface area (Å²) >= 11 is 0. The maximum absolute atomic E-state index is 5.49. The quantitative estimate of drug-likeness (QED) is 0.554. The van der Waals surface area contributed by atoms with E-state index in [1.807, 2.05) is 0 Å². The van der Waals surface area contributed by atoms with E-state index in [0.29, 0.717) is 18.6 Å². The lowest BCUT2D eigenvalue weighted by Gasteiger charge is -2.47. The SMILES string of the molecule is CC1=C[C@@H](C)C2(COCOC2)[C@H](C)C1. The summed E-state index contributed by atoms with van der Waals surface area (Å²) in [6.45, 7) is 9.04. The van der Waals surface area contributed by atoms with Gasteiger partial charge in [0.05, 0.1) is 13.2 Å². The molecule has 2 atom stereocenters. The number of hydrogen-bond donors (Lipinski definition) is 0. The highest BCUT2D eigenvalue weighted by Crippen LogP contribution is 2.45. The van der Waals surface area contributed by atoms with Crippen molar-refractivity contribution in [2.24, 2.45) is 17.3 Å². The van der Waals surface area contributed by atoms with Crippen LogP contribution in [0.5, 0.6) is 0 Å². The number of hydrogen-bond acceptors (Lipinski definition) is 2. The lowest BCUT2D eigenvalue weighted by atomic mass is 9.63. The van der Waals surface area contributed by atoms with Crippen molar-refractivity contribution >= 4 is 0 Å². The molecule has 80 valence electrons. The second kappa shape index (κ2) is 3.67. The molecule has 2 rings (SSSR count). The highest BCUT2D eigenvalue weighted by Gasteiger charge is 2.44. The summed E-state index contributed by atoms with van der Waals surface area (Å²) in [5.41, 5.74) is 1.75. The van der Waals surface area contributed by atoms with Crippen LogP contribution in [0.3, 0.4) is 0 Å². The Morgan fingerprint density at radius 2 is 1.93 bits per heavy atom. The molecule has 1 aliphatic carbocycles. The molecule has 0 N–H and O–H groups in total. The topological polar surface area (TPSA) is 18.5 Å². The van der Waals surface area contributed by atoms with E-state index in [1.165, 1.54) is 12.0 Å². The molecule has 1 fully saturated rings. The standard InChI is InChI=1S/C12H20O2/c1-9-4-10(2)12(11(3)5-9)6-13-8-14-7-12/h4,10-11H,5-8H2,1-3H3/t10-,11-/m1/s1. The summed E-state index contributed by atoms with van der Waals surface area (Å²) in [4.78, 5) is 0. The maximum Gasteiger partial charge on any atom is 0.146 e. The Morgan fingerprint density at radius 3 is 2.50 bits per heavy atom. The van der Waals surface area contributed by atoms with Crippen molar-refractivity contribution in [3.63, 3.8) is 0 Å². The minimum atomic E-state index is 0.234. The molecule has 14 heavy (non-hydrogen) atoms. The Labute approximate surface area is 86.3 Å². The molecule has 0 aromatic heterocycles. The Bertz CT molecular complexity index is 239. The summed E-state index contributed by atoms with van der Waals surface area (Å²) in [5.74, 6) is 1.24. The Hall–Kier alpha value is -0.340. The van der Waals surface area contributed by atoms with Crippen molar-refractivity contribution < 1.29 is 9.47 Å². The molecule has 0 bridgehead atoms. The van der Waals surface area contributed by atoms with E-state index >= 15 is 0 Å². The van der Waals surface area contributed by atoms with Gasteiger partial charge in [0.1, 0.15) is 6.79 Å². The monoisotopic (exact) mass is 196 g/mol. The van der Waals surface area contributed by atoms with Gasteiger partial charge < -0.3 is 9.47 Å². The van der Waals surface area contributed by atoms with E-state index in [9.17, 15) is 0 Å². The summed E-state index contributed by atoms with van der Waals surface area (Å²) < 4.78 is 11.0. The van der Waals surface area contributed by atoms with Crippen LogP contribution in [0, 0.1) is 17.3 Å². The van der Waals surface area contributed by atoms with Crippen LogP contribution in [0.2, 0.25) is 0 Å². The highest BCUT2D eigenvalue weighted by molar-refractivity contribution is 5.13. The van der Waals surface area contributed by atoms with Crippen LogP contribution in [-0.2, 0) is 9.47 Å². The molecular weight excluding hydrogens is 176 g/mol. The van der Waals surface area contributed by atoms with Crippen LogP contribution >= 0.6 is 0 Å². The average Bonchev–Trinajstić information content (AvgIpc) is 2.16. The average molecular weight is 196 g/mol. The Morgan fingerprint density at radius 1 is 1.29 bits per heavy atom. The fourth-order valence-corrected chi connectivity index (χ4v) is 2.91. The molecule has 0 aromatic rings. The molecule has 0 amide bonds. The minimum Gasteiger partial charge on any atom is -0.355 e. The van der Waals surface area contributed by atoms with Crippen LogP contribution in [0.25, 0.3) is 0 Å². The van der Waals surface area contributed by atoms with Crippen LogP contribution in [0.4, 0.5) is 0 Å². The van der Waals surface area contributed by atoms with Crippen LogP contribution < -0.4 is 0 Å². The fourth-order valence-electron chi connectivity index (χ4n) is 2.91. The van der Waals surface area contributed by atoms with E-state index < -0.39 is 0 Å². The summed E-state index contributed by atoms with van der Waals surface area (Å²) in [6.07, 6.45) is 3.58. The zero-order valence-corrected chi connectivity index (χ0v) is 9.38. The molecule has 1 aliphatic heterocycles. The number of ether oxygens (including phenoxy) is 2. The lowest BCUT2D eigenvalue weighted by molar-refractivity contribution is -0.193. The van der Waals surface area contributed by atoms with Crippen molar-refractivity contribution in [2.45, 2.75) is 27.2 Å². The van der Waals surface area contributed by atoms with Gasteiger partial charge in [-0.15, -0.1) is 0 Å². The minimum absolute atomic E-state index is 0.234. The van der Waals surface area contributed by atoms with Crippen molar-refractivity contribution in [1.29, 1.82) is 0 Å². The fraction of sp³-hybridized carbons (Fsp3) is 0.833. The third-order valence-corrected chi connectivity index (χ3v) is 3.96. The van der Waals surface area contributed by atoms with E-state index in [0.717, 1.165) is 13.2 Å². The van der Waals surface area contributed by atoms with E-state index in [2.05, 4.69) is 26.8 Å². The molecule has 2 aliphatic rings. The van der Waals surface area contributed by atoms with Crippen LogP contribution in [0.15, 0.2) is 11.6 Å². The van der Waals surface area contributed by atoms with Gasteiger partial charge in [0, 0.05) is 5.41 Å². The molecule has 0 saturated carbocycles. The van der Waals surface area contributed by atoms with Crippen molar-refractivity contribution in [3.8, 4) is 0 Å². The van der Waals surface area contributed by atoms with Gasteiger partial charge in [-0.05, 0) is 25.2 Å². The third-order valence-electron chi connectivity index (χ3n) is 3.96. The van der Waals surface area contributed by atoms with Crippen molar-refractivity contribution in [2.75, 3.05) is 20.0 Å². The second-order valence-electron chi connectivity index (χ2n) is 4.95. The van der Waals surface area contributed by atoms with E-state index in [-0.39, 0.29) is 5.41 Å². The smallest absolute Gasteiger partial charge is 0.146 e. The number of allylic oxidation sites excluding steroid dienone is 2. The van der Waals surface area contributed by atoms with E-state index in [1.54, 1.807) is 0 Å². The maximum atomic E-state index is 5.49. The van der Waals surface area contributed by atoms with Gasteiger partial charge in [0.25, 0.3) is 0 Å². The first kappa shape index (κ1) is 10.2. The molecule has 0 radical (unpaired) electrons. The summed E-state index contributed by atoms with van der Waals surface area (Å²) in [5, 5.41) is 0. The van der Waals surface area contributed by atoms with Gasteiger partial charge in [-0.2, -0.15) is 0 Å². The van der Waals surface area contributed by atoms with Gasteiger partial charge in [0.15, 0.2) is 0 Å². The zero-order valence-electron chi connectivity index (χ0n) is 9.38. The Balaban J connectivity index is 2.23. The van der Waals surface area contributed by atoms with Gasteiger partial charge in [-0.25, -0.2) is 0 Å². The molecule has 0 aromatic carbocycles. The van der Waals surface area contributed by atoms with Crippen molar-refractivity contribution in [3.05, 3.63) is 11.6 Å². The van der Waals surface area contributed by atoms with E-state index in [4.69, 9.17) is 9.47 Å². The van der Waals surface area contributed by atoms with Crippen molar-refractivity contribution in [1.82, 2.24) is 0 Å². The zero-order chi connectivity index (χ0) is 10.2. The first-order valence-electron chi connectivity index (χ1n) is 5.48. The Kier molecular flexibility index (Phi) is 2.67. The highest BCUT2D eigenvalue weighted by atomic mass is 16.7. The number of rotatable bonds is 0. The summed E-state index contributed by atoms with van der Waals surface area (Å²) in [6, 6.07) is 0. The molecule has 2 heteroatoms. The molecular formula is C12H20O2.